The second kappa shape index (κ2) is 5.94. The molecular weight excluding hydrogens is 339 g/mol. The molecule has 2 heterocycles. The van der Waals surface area contributed by atoms with Crippen LogP contribution in [-0.2, 0) is 6.18 Å². The zero-order valence-electron chi connectivity index (χ0n) is 12.9. The minimum Gasteiger partial charge on any atom is -0.354 e. The lowest BCUT2D eigenvalue weighted by Crippen LogP contribution is -2.06. The average molecular weight is 352 g/mol. The Morgan fingerprint density at radius 3 is 2.33 bits per heavy atom. The van der Waals surface area contributed by atoms with Crippen LogP contribution in [0.5, 0.6) is 0 Å². The number of halogens is 4. The maximum Gasteiger partial charge on any atom is 0.416 e. The number of nitrogens with one attached hydrogen (secondary N) is 1. The number of aryl methyl sites for hydroxylation is 2. The number of hydrogen-bond donors (Lipinski definition) is 1. The maximum absolute atomic E-state index is 12.9. The van der Waals surface area contributed by atoms with Crippen LogP contribution in [0.3, 0.4) is 0 Å². The molecule has 0 unspecified atom stereocenters. The van der Waals surface area contributed by atoms with Crippen molar-refractivity contribution in [3.63, 3.8) is 0 Å². The van der Waals surface area contributed by atoms with Crippen LogP contribution in [0.1, 0.15) is 17.0 Å². The third kappa shape index (κ3) is 3.28. The molecule has 1 aromatic carbocycles. The van der Waals surface area contributed by atoms with E-state index in [1.165, 1.54) is 6.07 Å². The fourth-order valence-corrected chi connectivity index (χ4v) is 2.54. The summed E-state index contributed by atoms with van der Waals surface area (Å²) in [5, 5.41) is 3.88. The van der Waals surface area contributed by atoms with Crippen LogP contribution < -0.4 is 5.32 Å². The summed E-state index contributed by atoms with van der Waals surface area (Å²) in [6, 6.07) is 8.56. The lowest BCUT2D eigenvalue weighted by molar-refractivity contribution is -0.137. The van der Waals surface area contributed by atoms with Crippen molar-refractivity contribution >= 4 is 34.0 Å². The predicted octanol–water partition coefficient (Wildman–Crippen LogP) is 5.66. The quantitative estimate of drug-likeness (QED) is 0.647. The molecule has 0 saturated carbocycles. The summed E-state index contributed by atoms with van der Waals surface area (Å²) in [6.45, 7) is 3.64. The molecule has 0 fully saturated rings. The molecule has 0 saturated heterocycles. The molecule has 0 spiro atoms. The van der Waals surface area contributed by atoms with Crippen LogP contribution in [0.2, 0.25) is 5.02 Å². The first-order chi connectivity index (χ1) is 11.2. The van der Waals surface area contributed by atoms with Crippen LogP contribution in [0.4, 0.5) is 24.5 Å². The van der Waals surface area contributed by atoms with E-state index < -0.39 is 11.7 Å². The van der Waals surface area contributed by atoms with Crippen molar-refractivity contribution in [3.05, 3.63) is 58.4 Å². The molecule has 3 aromatic rings. The van der Waals surface area contributed by atoms with Crippen molar-refractivity contribution in [1.82, 2.24) is 9.97 Å². The van der Waals surface area contributed by atoms with Crippen molar-refractivity contribution in [2.45, 2.75) is 20.0 Å². The van der Waals surface area contributed by atoms with Gasteiger partial charge in [0.15, 0.2) is 5.65 Å². The molecule has 0 amide bonds. The van der Waals surface area contributed by atoms with E-state index in [-0.39, 0.29) is 10.7 Å². The summed E-state index contributed by atoms with van der Waals surface area (Å²) >= 11 is 6.05. The molecule has 124 valence electrons. The molecule has 0 bridgehead atoms. The second-order valence-electron chi connectivity index (χ2n) is 5.45. The zero-order chi connectivity index (χ0) is 17.5. The van der Waals surface area contributed by atoms with Crippen molar-refractivity contribution in [2.75, 3.05) is 5.32 Å². The lowest BCUT2D eigenvalue weighted by Gasteiger charge is -2.14. The number of hydrogen-bond acceptors (Lipinski definition) is 3. The number of pyridine rings is 2. The van der Waals surface area contributed by atoms with Gasteiger partial charge >= 0.3 is 6.18 Å². The van der Waals surface area contributed by atoms with Crippen molar-refractivity contribution < 1.29 is 13.2 Å². The van der Waals surface area contributed by atoms with Gasteiger partial charge in [-0.2, -0.15) is 13.2 Å². The van der Waals surface area contributed by atoms with Crippen molar-refractivity contribution in [2.24, 2.45) is 0 Å². The third-order valence-electron chi connectivity index (χ3n) is 3.50. The van der Waals surface area contributed by atoms with Gasteiger partial charge in [0.1, 0.15) is 0 Å². The second-order valence-corrected chi connectivity index (χ2v) is 5.86. The molecule has 0 radical (unpaired) electrons. The van der Waals surface area contributed by atoms with Gasteiger partial charge in [0.05, 0.1) is 22.0 Å². The largest absolute Gasteiger partial charge is 0.416 e. The number of nitrogens with zero attached hydrogens (tertiary/aromatic N) is 2. The summed E-state index contributed by atoms with van der Waals surface area (Å²) in [4.78, 5) is 8.71. The first-order valence-corrected chi connectivity index (χ1v) is 7.50. The minimum absolute atomic E-state index is 0.180. The fourth-order valence-electron chi connectivity index (χ4n) is 2.37. The molecular formula is C17H13ClF3N3. The van der Waals surface area contributed by atoms with Crippen LogP contribution in [0.25, 0.3) is 11.0 Å². The Hall–Kier alpha value is -2.34. The predicted molar refractivity (Wildman–Crippen MR) is 88.7 cm³/mol. The number of rotatable bonds is 2. The number of benzene rings is 1. The summed E-state index contributed by atoms with van der Waals surface area (Å²) in [5.41, 5.74) is 2.05. The molecule has 3 rings (SSSR count). The Balaban J connectivity index is 2.10. The monoisotopic (exact) mass is 351 g/mol. The maximum atomic E-state index is 12.9. The van der Waals surface area contributed by atoms with Crippen molar-refractivity contribution in [1.29, 1.82) is 0 Å². The normalized spacial score (nSPS) is 11.8. The summed E-state index contributed by atoms with van der Waals surface area (Å²) in [5.74, 6) is 0. The highest BCUT2D eigenvalue weighted by atomic mass is 35.5. The SMILES string of the molecule is Cc1ccc2c(Nc3cc(C(F)(F)F)ccc3Cl)cc(C)nc2n1. The Kier molecular flexibility index (Phi) is 4.09. The molecule has 0 aliphatic rings. The van der Waals surface area contributed by atoms with E-state index in [1.54, 1.807) is 13.0 Å². The Labute approximate surface area is 141 Å². The van der Waals surface area contributed by atoms with Gasteiger partial charge in [-0.25, -0.2) is 9.97 Å². The van der Waals surface area contributed by atoms with E-state index >= 15 is 0 Å². The molecule has 3 nitrogen and oxygen atoms in total. The standard InChI is InChI=1S/C17H13ClF3N3/c1-9-3-5-12-14(7-10(2)23-16(12)22-9)24-15-8-11(17(19,20)21)4-6-13(15)18/h3-8H,1-2H3,(H,22,23,24). The fraction of sp³-hybridized carbons (Fsp3) is 0.176. The van der Waals surface area contributed by atoms with E-state index in [4.69, 9.17) is 11.6 Å². The molecule has 7 heteroatoms. The summed E-state index contributed by atoms with van der Waals surface area (Å²) in [6.07, 6.45) is -4.43. The molecule has 1 N–H and O–H groups in total. The highest BCUT2D eigenvalue weighted by molar-refractivity contribution is 6.33. The van der Waals surface area contributed by atoms with Gasteiger partial charge in [-0.3, -0.25) is 0 Å². The van der Waals surface area contributed by atoms with Crippen LogP contribution in [0.15, 0.2) is 36.4 Å². The summed E-state index contributed by atoms with van der Waals surface area (Å²) < 4.78 is 38.7. The topological polar surface area (TPSA) is 37.8 Å². The highest BCUT2D eigenvalue weighted by Crippen LogP contribution is 2.36. The van der Waals surface area contributed by atoms with E-state index in [1.807, 2.05) is 19.1 Å². The van der Waals surface area contributed by atoms with Crippen LogP contribution in [-0.4, -0.2) is 9.97 Å². The third-order valence-corrected chi connectivity index (χ3v) is 3.83. The van der Waals surface area contributed by atoms with Crippen molar-refractivity contribution in [3.8, 4) is 0 Å². The van der Waals surface area contributed by atoms with Crippen LogP contribution in [0, 0.1) is 13.8 Å². The summed E-state index contributed by atoms with van der Waals surface area (Å²) in [7, 11) is 0. The van der Waals surface area contributed by atoms with Gasteiger partial charge in [0.2, 0.25) is 0 Å². The van der Waals surface area contributed by atoms with Gasteiger partial charge in [-0.15, -0.1) is 0 Å². The number of alkyl halides is 3. The van der Waals surface area contributed by atoms with E-state index in [0.717, 1.165) is 17.8 Å². The van der Waals surface area contributed by atoms with E-state index in [2.05, 4.69) is 15.3 Å². The van der Waals surface area contributed by atoms with E-state index in [0.29, 0.717) is 22.4 Å². The molecule has 0 aliphatic heterocycles. The van der Waals surface area contributed by atoms with Crippen LogP contribution >= 0.6 is 11.6 Å². The van der Waals surface area contributed by atoms with Gasteiger partial charge in [-0.05, 0) is 50.2 Å². The first kappa shape index (κ1) is 16.5. The molecule has 0 atom stereocenters. The number of anilines is 2. The van der Waals surface area contributed by atoms with Gasteiger partial charge < -0.3 is 5.32 Å². The average Bonchev–Trinajstić information content (AvgIpc) is 2.47. The first-order valence-electron chi connectivity index (χ1n) is 7.13. The van der Waals surface area contributed by atoms with Gasteiger partial charge in [0.25, 0.3) is 0 Å². The molecule has 24 heavy (non-hydrogen) atoms. The Bertz CT molecular complexity index is 918. The smallest absolute Gasteiger partial charge is 0.354 e. The minimum atomic E-state index is -4.43. The van der Waals surface area contributed by atoms with E-state index in [9.17, 15) is 13.2 Å². The molecule has 2 aromatic heterocycles. The van der Waals surface area contributed by atoms with Gasteiger partial charge in [-0.1, -0.05) is 11.6 Å². The number of fused-ring (bicyclic) bond motifs is 1. The lowest BCUT2D eigenvalue weighted by atomic mass is 10.1. The zero-order valence-corrected chi connectivity index (χ0v) is 13.6. The highest BCUT2D eigenvalue weighted by Gasteiger charge is 2.31. The van der Waals surface area contributed by atoms with Gasteiger partial charge in [0, 0.05) is 16.8 Å². The molecule has 0 aliphatic carbocycles. The number of aromatic nitrogens is 2. The Morgan fingerprint density at radius 2 is 1.62 bits per heavy atom. The Morgan fingerprint density at radius 1 is 0.917 bits per heavy atom.